The standard InChI is InChI=1S/C22H26FN5O2S/c1-4-14(2)18-7-5-6-8-19(18)25-21(29)15(3)31-22-27-26-20(28(22)24)13-30-17-11-9-16(23)10-12-17/h5-12,14-15H,4,13,24H2,1-3H3,(H,25,29). The highest BCUT2D eigenvalue weighted by atomic mass is 32.2. The van der Waals surface area contributed by atoms with Crippen LogP contribution in [0.2, 0.25) is 0 Å². The largest absolute Gasteiger partial charge is 0.486 e. The van der Waals surface area contributed by atoms with E-state index < -0.39 is 5.25 Å². The molecule has 0 aliphatic rings. The smallest absolute Gasteiger partial charge is 0.237 e. The maximum absolute atomic E-state index is 13.0. The zero-order chi connectivity index (χ0) is 22.4. The molecule has 2 aromatic carbocycles. The van der Waals surface area contributed by atoms with Crippen LogP contribution in [0.25, 0.3) is 0 Å². The van der Waals surface area contributed by atoms with Gasteiger partial charge >= 0.3 is 0 Å². The van der Waals surface area contributed by atoms with E-state index in [0.717, 1.165) is 17.7 Å². The summed E-state index contributed by atoms with van der Waals surface area (Å²) < 4.78 is 19.8. The van der Waals surface area contributed by atoms with Gasteiger partial charge in [-0.3, -0.25) is 4.79 Å². The molecule has 0 bridgehead atoms. The Morgan fingerprint density at radius 1 is 1.19 bits per heavy atom. The van der Waals surface area contributed by atoms with Crippen molar-refractivity contribution in [3.63, 3.8) is 0 Å². The molecule has 0 saturated heterocycles. The van der Waals surface area contributed by atoms with Crippen molar-refractivity contribution >= 4 is 23.4 Å². The Hall–Kier alpha value is -3.07. The van der Waals surface area contributed by atoms with Crippen molar-refractivity contribution in [1.82, 2.24) is 14.9 Å². The van der Waals surface area contributed by atoms with Crippen molar-refractivity contribution in [1.29, 1.82) is 0 Å². The number of nitrogens with one attached hydrogen (secondary N) is 1. The van der Waals surface area contributed by atoms with Crippen LogP contribution in [0.4, 0.5) is 10.1 Å². The molecule has 0 radical (unpaired) electrons. The summed E-state index contributed by atoms with van der Waals surface area (Å²) in [5.41, 5.74) is 1.93. The minimum atomic E-state index is -0.442. The number of ether oxygens (including phenoxy) is 1. The number of benzene rings is 2. The molecule has 0 spiro atoms. The van der Waals surface area contributed by atoms with Gasteiger partial charge in [0.25, 0.3) is 0 Å². The van der Waals surface area contributed by atoms with Gasteiger partial charge in [0.15, 0.2) is 5.82 Å². The molecule has 0 aliphatic heterocycles. The van der Waals surface area contributed by atoms with Gasteiger partial charge in [0, 0.05) is 5.69 Å². The first-order chi connectivity index (χ1) is 14.9. The quantitative estimate of drug-likeness (QED) is 0.377. The van der Waals surface area contributed by atoms with Crippen molar-refractivity contribution in [2.75, 3.05) is 11.2 Å². The zero-order valence-corrected chi connectivity index (χ0v) is 18.5. The first-order valence-electron chi connectivity index (χ1n) is 10.0. The molecule has 9 heteroatoms. The van der Waals surface area contributed by atoms with Crippen LogP contribution >= 0.6 is 11.8 Å². The minimum absolute atomic E-state index is 0.0680. The van der Waals surface area contributed by atoms with Gasteiger partial charge in [-0.2, -0.15) is 0 Å². The van der Waals surface area contributed by atoms with Crippen LogP contribution in [0, 0.1) is 5.82 Å². The molecule has 3 aromatic rings. The Balaban J connectivity index is 1.61. The number of thioether (sulfide) groups is 1. The molecule has 7 nitrogen and oxygen atoms in total. The van der Waals surface area contributed by atoms with Crippen molar-refractivity contribution < 1.29 is 13.9 Å². The molecule has 2 unspecified atom stereocenters. The van der Waals surface area contributed by atoms with Gasteiger partial charge in [-0.15, -0.1) is 10.2 Å². The number of hydrogen-bond donors (Lipinski definition) is 2. The van der Waals surface area contributed by atoms with Crippen LogP contribution in [-0.2, 0) is 11.4 Å². The lowest BCUT2D eigenvalue weighted by atomic mass is 9.97. The second kappa shape index (κ2) is 10.3. The third-order valence-corrected chi connectivity index (χ3v) is 5.99. The van der Waals surface area contributed by atoms with E-state index in [1.54, 1.807) is 6.92 Å². The van der Waals surface area contributed by atoms with Crippen molar-refractivity contribution in [2.24, 2.45) is 0 Å². The van der Waals surface area contributed by atoms with Gasteiger partial charge in [0.1, 0.15) is 18.2 Å². The van der Waals surface area contributed by atoms with Gasteiger partial charge < -0.3 is 15.9 Å². The van der Waals surface area contributed by atoms with Gasteiger partial charge in [-0.25, -0.2) is 9.07 Å². The highest BCUT2D eigenvalue weighted by molar-refractivity contribution is 8.00. The summed E-state index contributed by atoms with van der Waals surface area (Å²) >= 11 is 1.21. The maximum atomic E-state index is 13.0. The number of carbonyl (C=O) groups is 1. The van der Waals surface area contributed by atoms with E-state index in [0.29, 0.717) is 22.6 Å². The van der Waals surface area contributed by atoms with Crippen molar-refractivity contribution in [3.05, 3.63) is 65.7 Å². The Morgan fingerprint density at radius 3 is 2.61 bits per heavy atom. The summed E-state index contributed by atoms with van der Waals surface area (Å²) in [5.74, 6) is 6.81. The molecule has 164 valence electrons. The van der Waals surface area contributed by atoms with Crippen LogP contribution in [0.3, 0.4) is 0 Å². The summed E-state index contributed by atoms with van der Waals surface area (Å²) in [5, 5.41) is 11.1. The van der Waals surface area contributed by atoms with E-state index in [4.69, 9.17) is 10.6 Å². The third-order valence-electron chi connectivity index (χ3n) is 4.93. The Kier molecular flexibility index (Phi) is 7.51. The van der Waals surface area contributed by atoms with E-state index in [9.17, 15) is 9.18 Å². The van der Waals surface area contributed by atoms with Crippen LogP contribution < -0.4 is 15.9 Å². The number of hydrogen-bond acceptors (Lipinski definition) is 6. The number of nitrogens with zero attached hydrogens (tertiary/aromatic N) is 3. The molecule has 1 amide bonds. The number of para-hydroxylation sites is 1. The fraction of sp³-hybridized carbons (Fsp3) is 0.318. The van der Waals surface area contributed by atoms with E-state index in [-0.39, 0.29) is 18.3 Å². The summed E-state index contributed by atoms with van der Waals surface area (Å²) in [6, 6.07) is 13.5. The number of carbonyl (C=O) groups excluding carboxylic acids is 1. The second-order valence-corrected chi connectivity index (χ2v) is 8.47. The van der Waals surface area contributed by atoms with E-state index in [1.807, 2.05) is 24.3 Å². The SMILES string of the molecule is CCC(C)c1ccccc1NC(=O)C(C)Sc1nnc(COc2ccc(F)cc2)n1N. The van der Waals surface area contributed by atoms with E-state index >= 15 is 0 Å². The molecule has 1 aromatic heterocycles. The molecular weight excluding hydrogens is 417 g/mol. The fourth-order valence-corrected chi connectivity index (χ4v) is 3.66. The van der Waals surface area contributed by atoms with Gasteiger partial charge in [0.05, 0.1) is 5.25 Å². The molecular formula is C22H26FN5O2S. The lowest BCUT2D eigenvalue weighted by Crippen LogP contribution is -2.24. The van der Waals surface area contributed by atoms with E-state index in [1.165, 1.54) is 40.7 Å². The Labute approximate surface area is 185 Å². The molecule has 0 aliphatic carbocycles. The number of anilines is 1. The lowest BCUT2D eigenvalue weighted by molar-refractivity contribution is -0.115. The van der Waals surface area contributed by atoms with Crippen LogP contribution in [0.1, 0.15) is 44.5 Å². The molecule has 3 rings (SSSR count). The number of amides is 1. The minimum Gasteiger partial charge on any atom is -0.486 e. The number of nitrogen functional groups attached to an aromatic ring is 1. The van der Waals surface area contributed by atoms with Crippen molar-refractivity contribution in [2.45, 2.75) is 50.1 Å². The molecule has 2 atom stereocenters. The second-order valence-electron chi connectivity index (χ2n) is 7.16. The van der Waals surface area contributed by atoms with Crippen molar-refractivity contribution in [3.8, 4) is 5.75 Å². The summed E-state index contributed by atoms with van der Waals surface area (Å²) in [7, 11) is 0. The van der Waals surface area contributed by atoms with Crippen LogP contribution in [-0.4, -0.2) is 26.0 Å². The summed E-state index contributed by atoms with van der Waals surface area (Å²) in [6.45, 7) is 6.11. The van der Waals surface area contributed by atoms with Gasteiger partial charge in [-0.1, -0.05) is 43.8 Å². The molecule has 3 N–H and O–H groups in total. The normalized spacial score (nSPS) is 12.9. The highest BCUT2D eigenvalue weighted by Crippen LogP contribution is 2.28. The Morgan fingerprint density at radius 2 is 1.90 bits per heavy atom. The molecule has 0 fully saturated rings. The topological polar surface area (TPSA) is 95.1 Å². The predicted octanol–water partition coefficient (Wildman–Crippen LogP) is 4.34. The lowest BCUT2D eigenvalue weighted by Gasteiger charge is -2.17. The van der Waals surface area contributed by atoms with Gasteiger partial charge in [0.2, 0.25) is 11.1 Å². The first kappa shape index (κ1) is 22.6. The first-order valence-corrected chi connectivity index (χ1v) is 10.9. The molecule has 0 saturated carbocycles. The summed E-state index contributed by atoms with van der Waals surface area (Å²) in [6.07, 6.45) is 0.982. The van der Waals surface area contributed by atoms with Crippen LogP contribution in [0.5, 0.6) is 5.75 Å². The Bertz CT molecular complexity index is 1020. The fourth-order valence-electron chi connectivity index (χ4n) is 2.87. The molecule has 1 heterocycles. The predicted molar refractivity (Wildman–Crippen MR) is 120 cm³/mol. The average Bonchev–Trinajstić information content (AvgIpc) is 3.12. The zero-order valence-electron chi connectivity index (χ0n) is 17.7. The maximum Gasteiger partial charge on any atom is 0.237 e. The van der Waals surface area contributed by atoms with Gasteiger partial charge in [-0.05, 0) is 55.2 Å². The number of rotatable bonds is 9. The van der Waals surface area contributed by atoms with Crippen LogP contribution in [0.15, 0.2) is 53.7 Å². The number of nitrogens with two attached hydrogens (primary N) is 1. The number of halogens is 1. The average molecular weight is 444 g/mol. The highest BCUT2D eigenvalue weighted by Gasteiger charge is 2.21. The monoisotopic (exact) mass is 443 g/mol. The number of aromatic nitrogens is 3. The molecule has 31 heavy (non-hydrogen) atoms. The van der Waals surface area contributed by atoms with E-state index in [2.05, 4.69) is 29.4 Å². The summed E-state index contributed by atoms with van der Waals surface area (Å²) in [4.78, 5) is 12.8. The third kappa shape index (κ3) is 5.75.